The molecule has 2 N–H and O–H groups in total. The van der Waals surface area contributed by atoms with Gasteiger partial charge in [-0.3, -0.25) is 4.79 Å². The Labute approximate surface area is 112 Å². The summed E-state index contributed by atoms with van der Waals surface area (Å²) in [5.74, 6) is 1.10. The van der Waals surface area contributed by atoms with Gasteiger partial charge in [-0.1, -0.05) is 12.1 Å². The van der Waals surface area contributed by atoms with Crippen molar-refractivity contribution in [2.24, 2.45) is 11.8 Å². The number of carbonyl (C=O) groups is 1. The standard InChI is InChI=1S/C15H19NO3/c17-12-4-1-10(2-5-12)7-15(19)16-8-11-3-6-14(18)13(11)9-16/h1-2,4-5,11,13-14,17-18H,3,6-9H2. The highest BCUT2D eigenvalue weighted by atomic mass is 16.3. The maximum Gasteiger partial charge on any atom is 0.227 e. The summed E-state index contributed by atoms with van der Waals surface area (Å²) < 4.78 is 0. The fourth-order valence-corrected chi connectivity index (χ4v) is 3.34. The number of hydrogen-bond donors (Lipinski definition) is 2. The van der Waals surface area contributed by atoms with Crippen molar-refractivity contribution >= 4 is 5.91 Å². The summed E-state index contributed by atoms with van der Waals surface area (Å²) in [4.78, 5) is 14.1. The van der Waals surface area contributed by atoms with E-state index < -0.39 is 0 Å². The molecule has 4 heteroatoms. The van der Waals surface area contributed by atoms with E-state index in [1.807, 2.05) is 4.90 Å². The minimum absolute atomic E-state index is 0.118. The number of phenols is 1. The molecule has 102 valence electrons. The number of benzene rings is 1. The summed E-state index contributed by atoms with van der Waals surface area (Å²) >= 11 is 0. The number of nitrogens with zero attached hydrogens (tertiary/aromatic N) is 1. The number of aliphatic hydroxyl groups is 1. The second-order valence-electron chi connectivity index (χ2n) is 5.71. The van der Waals surface area contributed by atoms with Gasteiger partial charge in [0.1, 0.15) is 5.75 Å². The highest BCUT2D eigenvalue weighted by Gasteiger charge is 2.43. The Morgan fingerprint density at radius 2 is 1.95 bits per heavy atom. The van der Waals surface area contributed by atoms with Crippen molar-refractivity contribution in [3.05, 3.63) is 29.8 Å². The molecule has 2 aliphatic rings. The Morgan fingerprint density at radius 3 is 2.63 bits per heavy atom. The zero-order valence-electron chi connectivity index (χ0n) is 10.8. The molecule has 4 nitrogen and oxygen atoms in total. The fraction of sp³-hybridized carbons (Fsp3) is 0.533. The second-order valence-corrected chi connectivity index (χ2v) is 5.71. The monoisotopic (exact) mass is 261 g/mol. The Morgan fingerprint density at radius 1 is 1.21 bits per heavy atom. The minimum Gasteiger partial charge on any atom is -0.508 e. The average molecular weight is 261 g/mol. The van der Waals surface area contributed by atoms with E-state index >= 15 is 0 Å². The van der Waals surface area contributed by atoms with Gasteiger partial charge in [0.15, 0.2) is 0 Å². The third kappa shape index (κ3) is 2.45. The third-order valence-corrected chi connectivity index (χ3v) is 4.46. The Hall–Kier alpha value is -1.55. The summed E-state index contributed by atoms with van der Waals surface area (Å²) in [7, 11) is 0. The van der Waals surface area contributed by atoms with Crippen LogP contribution in [0.4, 0.5) is 0 Å². The van der Waals surface area contributed by atoms with Crippen molar-refractivity contribution in [3.8, 4) is 5.75 Å². The summed E-state index contributed by atoms with van der Waals surface area (Å²) in [6.07, 6.45) is 2.07. The lowest BCUT2D eigenvalue weighted by molar-refractivity contribution is -0.129. The van der Waals surface area contributed by atoms with Crippen LogP contribution in [0.1, 0.15) is 18.4 Å². The normalized spacial score (nSPS) is 29.5. The van der Waals surface area contributed by atoms with Gasteiger partial charge in [0.2, 0.25) is 5.91 Å². The first-order chi connectivity index (χ1) is 9.13. The van der Waals surface area contributed by atoms with Crippen molar-refractivity contribution in [2.45, 2.75) is 25.4 Å². The molecule has 2 fully saturated rings. The first-order valence-electron chi connectivity index (χ1n) is 6.87. The lowest BCUT2D eigenvalue weighted by Crippen LogP contribution is -2.32. The van der Waals surface area contributed by atoms with E-state index in [0.717, 1.165) is 24.9 Å². The highest BCUT2D eigenvalue weighted by molar-refractivity contribution is 5.79. The third-order valence-electron chi connectivity index (χ3n) is 4.46. The smallest absolute Gasteiger partial charge is 0.227 e. The number of amides is 1. The van der Waals surface area contributed by atoms with Crippen LogP contribution >= 0.6 is 0 Å². The first kappa shape index (κ1) is 12.5. The van der Waals surface area contributed by atoms with Crippen molar-refractivity contribution in [1.82, 2.24) is 4.90 Å². The quantitative estimate of drug-likeness (QED) is 0.840. The molecule has 1 amide bonds. The minimum atomic E-state index is -0.225. The zero-order valence-corrected chi connectivity index (χ0v) is 10.8. The van der Waals surface area contributed by atoms with Crippen LogP contribution in [-0.2, 0) is 11.2 Å². The van der Waals surface area contributed by atoms with E-state index in [0.29, 0.717) is 18.9 Å². The topological polar surface area (TPSA) is 60.8 Å². The molecule has 1 aromatic rings. The largest absolute Gasteiger partial charge is 0.508 e. The van der Waals surface area contributed by atoms with Gasteiger partial charge in [0, 0.05) is 19.0 Å². The molecule has 1 saturated heterocycles. The van der Waals surface area contributed by atoms with Gasteiger partial charge in [-0.2, -0.15) is 0 Å². The van der Waals surface area contributed by atoms with Crippen LogP contribution in [0.15, 0.2) is 24.3 Å². The average Bonchev–Trinajstić information content (AvgIpc) is 2.95. The van der Waals surface area contributed by atoms with Gasteiger partial charge in [-0.15, -0.1) is 0 Å². The van der Waals surface area contributed by atoms with Crippen molar-refractivity contribution < 1.29 is 15.0 Å². The number of likely N-dealkylation sites (tertiary alicyclic amines) is 1. The lowest BCUT2D eigenvalue weighted by atomic mass is 10.00. The molecule has 3 atom stereocenters. The van der Waals surface area contributed by atoms with E-state index in [2.05, 4.69) is 0 Å². The summed E-state index contributed by atoms with van der Waals surface area (Å²) in [5, 5.41) is 19.1. The van der Waals surface area contributed by atoms with Crippen LogP contribution in [0.3, 0.4) is 0 Å². The predicted octanol–water partition coefficient (Wildman–Crippen LogP) is 1.16. The number of fused-ring (bicyclic) bond motifs is 1. The molecule has 3 rings (SSSR count). The molecule has 0 bridgehead atoms. The summed E-state index contributed by atoms with van der Waals surface area (Å²) in [6.45, 7) is 1.49. The van der Waals surface area contributed by atoms with Gasteiger partial charge in [0.25, 0.3) is 0 Å². The van der Waals surface area contributed by atoms with Crippen molar-refractivity contribution in [1.29, 1.82) is 0 Å². The van der Waals surface area contributed by atoms with Crippen LogP contribution in [0.2, 0.25) is 0 Å². The second kappa shape index (κ2) is 4.85. The van der Waals surface area contributed by atoms with Crippen molar-refractivity contribution in [3.63, 3.8) is 0 Å². The molecule has 1 aliphatic heterocycles. The van der Waals surface area contributed by atoms with Gasteiger partial charge < -0.3 is 15.1 Å². The Kier molecular flexibility index (Phi) is 3.19. The molecule has 19 heavy (non-hydrogen) atoms. The van der Waals surface area contributed by atoms with E-state index in [1.54, 1.807) is 24.3 Å². The van der Waals surface area contributed by atoms with Crippen LogP contribution in [0.25, 0.3) is 0 Å². The molecule has 0 aromatic heterocycles. The van der Waals surface area contributed by atoms with E-state index in [4.69, 9.17) is 0 Å². The number of rotatable bonds is 2. The number of aromatic hydroxyl groups is 1. The zero-order chi connectivity index (χ0) is 13.4. The van der Waals surface area contributed by atoms with E-state index in [1.165, 1.54) is 0 Å². The fourth-order valence-electron chi connectivity index (χ4n) is 3.34. The molecular weight excluding hydrogens is 242 g/mol. The van der Waals surface area contributed by atoms with Crippen LogP contribution in [0.5, 0.6) is 5.75 Å². The molecule has 1 aromatic carbocycles. The van der Waals surface area contributed by atoms with E-state index in [9.17, 15) is 15.0 Å². The first-order valence-corrected chi connectivity index (χ1v) is 6.87. The maximum atomic E-state index is 12.2. The molecule has 3 unspecified atom stereocenters. The van der Waals surface area contributed by atoms with Gasteiger partial charge in [-0.25, -0.2) is 0 Å². The molecule has 0 radical (unpaired) electrons. The van der Waals surface area contributed by atoms with E-state index in [-0.39, 0.29) is 23.7 Å². The van der Waals surface area contributed by atoms with Gasteiger partial charge in [0.05, 0.1) is 12.5 Å². The number of hydrogen-bond acceptors (Lipinski definition) is 3. The van der Waals surface area contributed by atoms with Gasteiger partial charge in [-0.05, 0) is 36.5 Å². The molecule has 1 heterocycles. The summed E-state index contributed by atoms with van der Waals surface area (Å²) in [6, 6.07) is 6.76. The Balaban J connectivity index is 1.61. The van der Waals surface area contributed by atoms with Crippen LogP contribution < -0.4 is 0 Å². The number of aliphatic hydroxyl groups excluding tert-OH is 1. The van der Waals surface area contributed by atoms with Crippen LogP contribution in [-0.4, -0.2) is 40.2 Å². The molecular formula is C15H19NO3. The predicted molar refractivity (Wildman–Crippen MR) is 70.6 cm³/mol. The summed E-state index contributed by atoms with van der Waals surface area (Å²) in [5.41, 5.74) is 0.917. The molecule has 1 aliphatic carbocycles. The Bertz CT molecular complexity index is 471. The maximum absolute atomic E-state index is 12.2. The molecule has 1 saturated carbocycles. The number of phenolic OH excluding ortho intramolecular Hbond substituents is 1. The lowest BCUT2D eigenvalue weighted by Gasteiger charge is -2.18. The number of carbonyl (C=O) groups excluding carboxylic acids is 1. The SMILES string of the molecule is O=C(Cc1ccc(O)cc1)N1CC2CCC(O)C2C1. The van der Waals surface area contributed by atoms with Gasteiger partial charge >= 0.3 is 0 Å². The van der Waals surface area contributed by atoms with Crippen molar-refractivity contribution in [2.75, 3.05) is 13.1 Å². The van der Waals surface area contributed by atoms with Crippen LogP contribution in [0, 0.1) is 11.8 Å². The highest BCUT2D eigenvalue weighted by Crippen LogP contribution is 2.38. The molecule has 0 spiro atoms.